The zero-order chi connectivity index (χ0) is 19.5. The number of nitrogens with zero attached hydrogens (tertiary/aromatic N) is 2. The Labute approximate surface area is 170 Å². The summed E-state index contributed by atoms with van der Waals surface area (Å²) >= 11 is 0. The average Bonchev–Trinajstić information content (AvgIpc) is 3.20. The van der Waals surface area contributed by atoms with Gasteiger partial charge in [0.15, 0.2) is 11.5 Å². The fourth-order valence-electron chi connectivity index (χ4n) is 7.87. The molecule has 6 aliphatic rings. The predicted molar refractivity (Wildman–Crippen MR) is 107 cm³/mol. The van der Waals surface area contributed by atoms with Crippen molar-refractivity contribution in [2.45, 2.75) is 42.9 Å². The van der Waals surface area contributed by atoms with Crippen LogP contribution in [0.4, 0.5) is 5.69 Å². The molecule has 1 aromatic carbocycles. The molecule has 1 aromatic rings. The van der Waals surface area contributed by atoms with Crippen LogP contribution in [0.15, 0.2) is 23.8 Å². The number of piperidine rings is 2. The molecular weight excluding hydrogens is 368 g/mol. The van der Waals surface area contributed by atoms with E-state index in [1.165, 1.54) is 12.0 Å². The van der Waals surface area contributed by atoms with Crippen molar-refractivity contribution in [3.63, 3.8) is 0 Å². The number of ether oxygens (including phenoxy) is 3. The molecule has 1 saturated carbocycles. The zero-order valence-corrected chi connectivity index (χ0v) is 16.9. The Bertz CT molecular complexity index is 974. The molecule has 1 amide bonds. The van der Waals surface area contributed by atoms with Gasteiger partial charge in [-0.15, -0.1) is 0 Å². The fraction of sp³-hybridized carbons (Fsp3) is 0.609. The molecule has 1 spiro atoms. The van der Waals surface area contributed by atoms with Gasteiger partial charge in [-0.05, 0) is 36.9 Å². The van der Waals surface area contributed by atoms with E-state index in [1.54, 1.807) is 19.8 Å². The van der Waals surface area contributed by atoms with Gasteiger partial charge in [-0.1, -0.05) is 11.6 Å². The minimum atomic E-state index is -0.0242. The molecule has 6 nitrogen and oxygen atoms in total. The minimum absolute atomic E-state index is 0.0242. The van der Waals surface area contributed by atoms with Gasteiger partial charge in [-0.25, -0.2) is 0 Å². The van der Waals surface area contributed by atoms with Gasteiger partial charge >= 0.3 is 0 Å². The van der Waals surface area contributed by atoms with Gasteiger partial charge < -0.3 is 19.1 Å². The number of rotatable bonds is 2. The first kappa shape index (κ1) is 16.7. The Morgan fingerprint density at radius 1 is 1.21 bits per heavy atom. The third kappa shape index (κ3) is 1.76. The average molecular weight is 394 g/mol. The molecule has 29 heavy (non-hydrogen) atoms. The topological polar surface area (TPSA) is 51.2 Å². The molecule has 2 bridgehead atoms. The van der Waals surface area contributed by atoms with Crippen LogP contribution in [0.25, 0.3) is 0 Å². The van der Waals surface area contributed by atoms with Gasteiger partial charge in [-0.2, -0.15) is 0 Å². The first-order valence-corrected chi connectivity index (χ1v) is 10.8. The highest BCUT2D eigenvalue weighted by atomic mass is 16.5. The standard InChI is InChI=1S/C23H26N2O4/c1-27-16-8-14-15(9-17(16)28-2)25-20(26)10-18-21-13-7-19-23(14,22(21)25)4-5-24(19)11-12(13)3-6-29-18/h3,8-9,13,18-19,21-22H,4-7,10-11H2,1-2H3/t13-,18?,19-,21-,22?,23+/m0/s1. The van der Waals surface area contributed by atoms with Crippen molar-refractivity contribution in [1.29, 1.82) is 0 Å². The number of benzene rings is 1. The quantitative estimate of drug-likeness (QED) is 0.719. The Morgan fingerprint density at radius 3 is 2.86 bits per heavy atom. The van der Waals surface area contributed by atoms with E-state index in [0.717, 1.165) is 30.9 Å². The van der Waals surface area contributed by atoms with Crippen LogP contribution in [0.2, 0.25) is 0 Å². The van der Waals surface area contributed by atoms with Gasteiger partial charge in [0.1, 0.15) is 0 Å². The fourth-order valence-corrected chi connectivity index (χ4v) is 7.87. The molecule has 152 valence electrons. The molecule has 6 atom stereocenters. The van der Waals surface area contributed by atoms with Crippen LogP contribution in [0, 0.1) is 11.8 Å². The summed E-state index contributed by atoms with van der Waals surface area (Å²) in [4.78, 5) is 18.3. The lowest BCUT2D eigenvalue weighted by molar-refractivity contribution is -0.132. The van der Waals surface area contributed by atoms with E-state index < -0.39 is 0 Å². The second kappa shape index (κ2) is 5.35. The number of hydrogen-bond acceptors (Lipinski definition) is 5. The normalized spacial score (nSPS) is 41.0. The van der Waals surface area contributed by atoms with E-state index in [4.69, 9.17) is 14.2 Å². The highest BCUT2D eigenvalue weighted by molar-refractivity contribution is 5.99. The number of amides is 1. The van der Waals surface area contributed by atoms with Crippen molar-refractivity contribution in [2.75, 3.05) is 38.8 Å². The van der Waals surface area contributed by atoms with Gasteiger partial charge in [-0.3, -0.25) is 9.69 Å². The van der Waals surface area contributed by atoms with Gasteiger partial charge in [0.05, 0.1) is 45.1 Å². The highest BCUT2D eigenvalue weighted by Crippen LogP contribution is 2.66. The molecule has 0 aromatic heterocycles. The van der Waals surface area contributed by atoms with Crippen LogP contribution in [0.3, 0.4) is 0 Å². The van der Waals surface area contributed by atoms with Crippen molar-refractivity contribution < 1.29 is 19.0 Å². The number of anilines is 1. The molecule has 7 rings (SSSR count). The number of methoxy groups -OCH3 is 2. The third-order valence-corrected chi connectivity index (χ3v) is 8.81. The van der Waals surface area contributed by atoms with Gasteiger partial charge in [0.2, 0.25) is 5.91 Å². The monoisotopic (exact) mass is 394 g/mol. The summed E-state index contributed by atoms with van der Waals surface area (Å²) < 4.78 is 17.6. The molecule has 2 unspecified atom stereocenters. The number of carbonyl (C=O) groups excluding carboxylic acids is 1. The molecule has 3 saturated heterocycles. The van der Waals surface area contributed by atoms with Gasteiger partial charge in [0, 0.05) is 30.0 Å². The molecule has 5 aliphatic heterocycles. The van der Waals surface area contributed by atoms with Crippen LogP contribution in [-0.4, -0.2) is 62.9 Å². The number of fused-ring (bicyclic) bond motifs is 2. The van der Waals surface area contributed by atoms with Gasteiger partial charge in [0.25, 0.3) is 0 Å². The smallest absolute Gasteiger partial charge is 0.229 e. The third-order valence-electron chi connectivity index (χ3n) is 8.81. The second-order valence-electron chi connectivity index (χ2n) is 9.48. The number of carbonyl (C=O) groups is 1. The Kier molecular flexibility index (Phi) is 3.08. The first-order valence-electron chi connectivity index (χ1n) is 10.8. The lowest BCUT2D eigenvalue weighted by atomic mass is 9.53. The summed E-state index contributed by atoms with van der Waals surface area (Å²) in [6.07, 6.45) is 5.11. The van der Waals surface area contributed by atoms with E-state index in [2.05, 4.69) is 21.9 Å². The van der Waals surface area contributed by atoms with Crippen molar-refractivity contribution in [3.05, 3.63) is 29.3 Å². The maximum Gasteiger partial charge on any atom is 0.229 e. The Morgan fingerprint density at radius 2 is 2.03 bits per heavy atom. The summed E-state index contributed by atoms with van der Waals surface area (Å²) in [5.74, 6) is 2.57. The second-order valence-corrected chi connectivity index (χ2v) is 9.48. The summed E-state index contributed by atoms with van der Waals surface area (Å²) in [5, 5.41) is 0. The Hall–Kier alpha value is -2.05. The summed E-state index contributed by atoms with van der Waals surface area (Å²) in [5.41, 5.74) is 3.85. The Balaban J connectivity index is 1.52. The lowest BCUT2D eigenvalue weighted by Gasteiger charge is -2.58. The van der Waals surface area contributed by atoms with Crippen LogP contribution in [0.5, 0.6) is 11.5 Å². The van der Waals surface area contributed by atoms with Crippen molar-refractivity contribution >= 4 is 11.6 Å². The summed E-state index contributed by atoms with van der Waals surface area (Å²) in [7, 11) is 3.36. The summed E-state index contributed by atoms with van der Waals surface area (Å²) in [6, 6.07) is 4.87. The van der Waals surface area contributed by atoms with E-state index in [-0.39, 0.29) is 23.5 Å². The van der Waals surface area contributed by atoms with E-state index in [0.29, 0.717) is 36.7 Å². The molecule has 0 radical (unpaired) electrons. The molecule has 6 heteroatoms. The SMILES string of the molecule is COc1cc2c(cc1OC)[C@@]13CCN4CC5=CCOC6CC(=O)N2C1[C@H]6[C@H]5C[C@H]43. The molecule has 5 heterocycles. The first-order chi connectivity index (χ1) is 14.2. The zero-order valence-electron chi connectivity index (χ0n) is 16.9. The maximum absolute atomic E-state index is 13.5. The minimum Gasteiger partial charge on any atom is -0.493 e. The van der Waals surface area contributed by atoms with Crippen molar-refractivity contribution in [1.82, 2.24) is 4.90 Å². The molecule has 0 N–H and O–H groups in total. The van der Waals surface area contributed by atoms with Crippen LogP contribution < -0.4 is 14.4 Å². The lowest BCUT2D eigenvalue weighted by Crippen LogP contribution is -2.69. The summed E-state index contributed by atoms with van der Waals surface area (Å²) in [6.45, 7) is 2.80. The molecular formula is C23H26N2O4. The van der Waals surface area contributed by atoms with Crippen LogP contribution in [0.1, 0.15) is 24.8 Å². The predicted octanol–water partition coefficient (Wildman–Crippen LogP) is 2.11. The van der Waals surface area contributed by atoms with E-state index >= 15 is 0 Å². The van der Waals surface area contributed by atoms with E-state index in [1.807, 2.05) is 6.07 Å². The highest BCUT2D eigenvalue weighted by Gasteiger charge is 2.71. The van der Waals surface area contributed by atoms with Crippen molar-refractivity contribution in [3.8, 4) is 11.5 Å². The molecule has 1 aliphatic carbocycles. The molecule has 4 fully saturated rings. The largest absolute Gasteiger partial charge is 0.493 e. The van der Waals surface area contributed by atoms with Crippen molar-refractivity contribution in [2.24, 2.45) is 11.8 Å². The maximum atomic E-state index is 13.5. The van der Waals surface area contributed by atoms with Crippen LogP contribution in [-0.2, 0) is 14.9 Å². The van der Waals surface area contributed by atoms with E-state index in [9.17, 15) is 4.79 Å². The van der Waals surface area contributed by atoms with Crippen LogP contribution >= 0.6 is 0 Å². The number of hydrogen-bond donors (Lipinski definition) is 0.